The Bertz CT molecular complexity index is 436. The monoisotopic (exact) mass is 249 g/mol. The number of nitrogen functional groups attached to an aromatic ring is 1. The van der Waals surface area contributed by atoms with Gasteiger partial charge in [0.25, 0.3) is 5.91 Å². The van der Waals surface area contributed by atoms with Crippen LogP contribution in [0.3, 0.4) is 0 Å². The van der Waals surface area contributed by atoms with Gasteiger partial charge in [0.2, 0.25) is 0 Å². The Kier molecular flexibility index (Phi) is 3.81. The van der Waals surface area contributed by atoms with Crippen LogP contribution in [0.5, 0.6) is 0 Å². The number of amides is 1. The van der Waals surface area contributed by atoms with E-state index < -0.39 is 0 Å². The molecule has 5 heteroatoms. The molecule has 2 atom stereocenters. The predicted molar refractivity (Wildman–Crippen MR) is 69.2 cm³/mol. The van der Waals surface area contributed by atoms with E-state index in [9.17, 15) is 4.79 Å². The number of aromatic nitrogens is 1. The number of carbonyl (C=O) groups excluding carboxylic acids is 1. The Morgan fingerprint density at radius 3 is 3.00 bits per heavy atom. The van der Waals surface area contributed by atoms with E-state index in [0.29, 0.717) is 17.8 Å². The number of likely N-dealkylation sites (tertiary alicyclic amines) is 1. The molecule has 1 aliphatic heterocycles. The van der Waals surface area contributed by atoms with Gasteiger partial charge in [-0.2, -0.15) is 0 Å². The molecular formula is C13H19N3O2. The van der Waals surface area contributed by atoms with E-state index in [-0.39, 0.29) is 18.1 Å². The SMILES string of the molecule is COC1CCN(C(=O)c2cnccc2N)C(C)C1. The Labute approximate surface area is 107 Å². The summed E-state index contributed by atoms with van der Waals surface area (Å²) in [6.45, 7) is 2.74. The number of hydrogen-bond donors (Lipinski definition) is 1. The fraction of sp³-hybridized carbons (Fsp3) is 0.538. The molecule has 1 saturated heterocycles. The van der Waals surface area contributed by atoms with Crippen molar-refractivity contribution in [3.8, 4) is 0 Å². The van der Waals surface area contributed by atoms with Crippen molar-refractivity contribution >= 4 is 11.6 Å². The van der Waals surface area contributed by atoms with Gasteiger partial charge in [-0.1, -0.05) is 0 Å². The Balaban J connectivity index is 2.13. The average molecular weight is 249 g/mol. The van der Waals surface area contributed by atoms with Crippen molar-refractivity contribution in [2.24, 2.45) is 0 Å². The molecule has 0 spiro atoms. The van der Waals surface area contributed by atoms with Crippen molar-refractivity contribution in [2.75, 3.05) is 19.4 Å². The fourth-order valence-corrected chi connectivity index (χ4v) is 2.38. The van der Waals surface area contributed by atoms with Gasteiger partial charge in [0, 0.05) is 37.8 Å². The molecule has 1 fully saturated rings. The van der Waals surface area contributed by atoms with E-state index in [4.69, 9.17) is 10.5 Å². The molecule has 1 aromatic rings. The largest absolute Gasteiger partial charge is 0.398 e. The van der Waals surface area contributed by atoms with Crippen LogP contribution in [0.4, 0.5) is 5.69 Å². The van der Waals surface area contributed by atoms with Gasteiger partial charge in [0.05, 0.1) is 11.7 Å². The number of anilines is 1. The van der Waals surface area contributed by atoms with E-state index in [1.807, 2.05) is 11.8 Å². The van der Waals surface area contributed by atoms with Gasteiger partial charge in [-0.05, 0) is 25.8 Å². The van der Waals surface area contributed by atoms with E-state index >= 15 is 0 Å². The molecule has 18 heavy (non-hydrogen) atoms. The molecule has 0 bridgehead atoms. The van der Waals surface area contributed by atoms with Gasteiger partial charge in [0.1, 0.15) is 0 Å². The van der Waals surface area contributed by atoms with Crippen LogP contribution in [0, 0.1) is 0 Å². The van der Waals surface area contributed by atoms with Crippen molar-refractivity contribution in [2.45, 2.75) is 31.9 Å². The lowest BCUT2D eigenvalue weighted by molar-refractivity contribution is 0.0160. The van der Waals surface area contributed by atoms with Crippen LogP contribution in [0.15, 0.2) is 18.5 Å². The third-order valence-corrected chi connectivity index (χ3v) is 3.51. The molecule has 1 aliphatic rings. The van der Waals surface area contributed by atoms with Crippen LogP contribution < -0.4 is 5.73 Å². The lowest BCUT2D eigenvalue weighted by Crippen LogP contribution is -2.46. The number of carbonyl (C=O) groups is 1. The minimum absolute atomic E-state index is 0.0392. The fourth-order valence-electron chi connectivity index (χ4n) is 2.38. The zero-order valence-electron chi connectivity index (χ0n) is 10.8. The summed E-state index contributed by atoms with van der Waals surface area (Å²) in [4.78, 5) is 18.2. The summed E-state index contributed by atoms with van der Waals surface area (Å²) in [6.07, 6.45) is 5.10. The zero-order valence-corrected chi connectivity index (χ0v) is 10.8. The second kappa shape index (κ2) is 5.35. The van der Waals surface area contributed by atoms with Crippen molar-refractivity contribution < 1.29 is 9.53 Å². The lowest BCUT2D eigenvalue weighted by Gasteiger charge is -2.37. The summed E-state index contributed by atoms with van der Waals surface area (Å²) < 4.78 is 5.34. The topological polar surface area (TPSA) is 68.5 Å². The van der Waals surface area contributed by atoms with E-state index in [1.165, 1.54) is 6.20 Å². The first kappa shape index (κ1) is 12.8. The van der Waals surface area contributed by atoms with Crippen LogP contribution in [0.2, 0.25) is 0 Å². The number of nitrogens with zero attached hydrogens (tertiary/aromatic N) is 2. The third-order valence-electron chi connectivity index (χ3n) is 3.51. The predicted octanol–water partition coefficient (Wildman–Crippen LogP) is 1.30. The van der Waals surface area contributed by atoms with E-state index in [1.54, 1.807) is 19.4 Å². The molecule has 1 amide bonds. The van der Waals surface area contributed by atoms with Gasteiger partial charge in [-0.25, -0.2) is 0 Å². The molecule has 5 nitrogen and oxygen atoms in total. The second-order valence-corrected chi connectivity index (χ2v) is 4.69. The maximum Gasteiger partial charge on any atom is 0.257 e. The zero-order chi connectivity index (χ0) is 13.1. The Hall–Kier alpha value is -1.62. The van der Waals surface area contributed by atoms with Gasteiger partial charge in [-0.3, -0.25) is 9.78 Å². The maximum atomic E-state index is 12.4. The molecule has 0 aromatic carbocycles. The summed E-state index contributed by atoms with van der Waals surface area (Å²) in [5.41, 5.74) is 6.78. The van der Waals surface area contributed by atoms with Gasteiger partial charge >= 0.3 is 0 Å². The summed E-state index contributed by atoms with van der Waals surface area (Å²) in [5, 5.41) is 0. The van der Waals surface area contributed by atoms with Crippen molar-refractivity contribution in [3.63, 3.8) is 0 Å². The van der Waals surface area contributed by atoms with Crippen molar-refractivity contribution in [3.05, 3.63) is 24.0 Å². The van der Waals surface area contributed by atoms with Gasteiger partial charge in [-0.15, -0.1) is 0 Å². The Morgan fingerprint density at radius 1 is 1.61 bits per heavy atom. The molecular weight excluding hydrogens is 230 g/mol. The highest BCUT2D eigenvalue weighted by molar-refractivity contribution is 5.98. The quantitative estimate of drug-likeness (QED) is 0.858. The third kappa shape index (κ3) is 2.46. The molecule has 0 saturated carbocycles. The second-order valence-electron chi connectivity index (χ2n) is 4.69. The number of ether oxygens (including phenoxy) is 1. The van der Waals surface area contributed by atoms with Gasteiger partial charge in [0.15, 0.2) is 0 Å². The molecule has 98 valence electrons. The van der Waals surface area contributed by atoms with E-state index in [0.717, 1.165) is 12.8 Å². The molecule has 0 radical (unpaired) electrons. The Morgan fingerprint density at radius 2 is 2.39 bits per heavy atom. The molecule has 2 unspecified atom stereocenters. The van der Waals surface area contributed by atoms with E-state index in [2.05, 4.69) is 4.98 Å². The van der Waals surface area contributed by atoms with Gasteiger partial charge < -0.3 is 15.4 Å². The number of methoxy groups -OCH3 is 1. The lowest BCUT2D eigenvalue weighted by atomic mass is 9.99. The first-order valence-electron chi connectivity index (χ1n) is 6.16. The average Bonchev–Trinajstić information content (AvgIpc) is 2.38. The van der Waals surface area contributed by atoms with Crippen LogP contribution >= 0.6 is 0 Å². The standard InChI is InChI=1S/C13H19N3O2/c1-9-7-10(18-2)4-6-16(9)13(17)11-8-15-5-3-12(11)14/h3,5,8-10H,4,6-7H2,1-2H3,(H2,14,15). The number of piperidine rings is 1. The molecule has 1 aromatic heterocycles. The molecule has 2 rings (SSSR count). The van der Waals surface area contributed by atoms with Crippen LogP contribution in [0.1, 0.15) is 30.1 Å². The van der Waals surface area contributed by atoms with Crippen molar-refractivity contribution in [1.29, 1.82) is 0 Å². The smallest absolute Gasteiger partial charge is 0.257 e. The number of hydrogen-bond acceptors (Lipinski definition) is 4. The van der Waals surface area contributed by atoms with Crippen LogP contribution in [-0.2, 0) is 4.74 Å². The number of rotatable bonds is 2. The summed E-state index contributed by atoms with van der Waals surface area (Å²) in [6, 6.07) is 1.82. The summed E-state index contributed by atoms with van der Waals surface area (Å²) >= 11 is 0. The first-order chi connectivity index (χ1) is 8.63. The summed E-state index contributed by atoms with van der Waals surface area (Å²) in [5.74, 6) is -0.0392. The van der Waals surface area contributed by atoms with Crippen LogP contribution in [-0.4, -0.2) is 41.6 Å². The molecule has 2 N–H and O–H groups in total. The maximum absolute atomic E-state index is 12.4. The molecule has 2 heterocycles. The normalized spacial score (nSPS) is 24.0. The van der Waals surface area contributed by atoms with Crippen molar-refractivity contribution in [1.82, 2.24) is 9.88 Å². The first-order valence-corrected chi connectivity index (χ1v) is 6.16. The highest BCUT2D eigenvalue weighted by Crippen LogP contribution is 2.22. The minimum Gasteiger partial charge on any atom is -0.398 e. The summed E-state index contributed by atoms with van der Waals surface area (Å²) in [7, 11) is 1.72. The van der Waals surface area contributed by atoms with Crippen LogP contribution in [0.25, 0.3) is 0 Å². The minimum atomic E-state index is -0.0392. The highest BCUT2D eigenvalue weighted by Gasteiger charge is 2.30. The molecule has 0 aliphatic carbocycles. The number of pyridine rings is 1. The number of nitrogens with two attached hydrogens (primary N) is 1. The highest BCUT2D eigenvalue weighted by atomic mass is 16.5.